The first kappa shape index (κ1) is 14.2. The molecule has 0 spiro atoms. The number of aromatic nitrogens is 1. The largest absolute Gasteiger partial charge is 0.409 e. The van der Waals surface area contributed by atoms with Crippen LogP contribution in [0.4, 0.5) is 5.82 Å². The summed E-state index contributed by atoms with van der Waals surface area (Å²) >= 11 is 0. The van der Waals surface area contributed by atoms with Crippen LogP contribution < -0.4 is 10.6 Å². The van der Waals surface area contributed by atoms with Crippen molar-refractivity contribution in [3.63, 3.8) is 0 Å². The number of oxime groups is 1. The van der Waals surface area contributed by atoms with Gasteiger partial charge in [-0.05, 0) is 49.1 Å². The summed E-state index contributed by atoms with van der Waals surface area (Å²) in [5.41, 5.74) is 9.12. The molecule has 0 aromatic carbocycles. The topological polar surface area (TPSA) is 74.7 Å². The fourth-order valence-corrected chi connectivity index (χ4v) is 3.41. The number of pyridine rings is 1. The number of anilines is 1. The van der Waals surface area contributed by atoms with Gasteiger partial charge in [0.2, 0.25) is 0 Å². The number of nitrogens with zero attached hydrogens (tertiary/aromatic N) is 3. The molecule has 3 N–H and O–H groups in total. The van der Waals surface area contributed by atoms with Crippen molar-refractivity contribution in [2.24, 2.45) is 22.7 Å². The Labute approximate surface area is 125 Å². The van der Waals surface area contributed by atoms with Crippen LogP contribution in [-0.2, 0) is 12.8 Å². The van der Waals surface area contributed by atoms with E-state index in [1.807, 2.05) is 0 Å². The standard InChI is InChI=1S/C16H24N4O/c1-10-8-20(9-11(10)2)16-13(15(17)19-21)7-12-5-3-4-6-14(12)18-16/h7,10-11,21H,3-6,8-9H2,1-2H3,(H2,17,19). The number of hydrogen-bond acceptors (Lipinski definition) is 4. The van der Waals surface area contributed by atoms with Gasteiger partial charge in [-0.3, -0.25) is 0 Å². The highest BCUT2D eigenvalue weighted by Gasteiger charge is 2.30. The van der Waals surface area contributed by atoms with Gasteiger partial charge in [-0.1, -0.05) is 19.0 Å². The quantitative estimate of drug-likeness (QED) is 0.378. The molecule has 2 atom stereocenters. The molecule has 0 amide bonds. The lowest BCUT2D eigenvalue weighted by molar-refractivity contribution is 0.318. The molecular weight excluding hydrogens is 264 g/mol. The Bertz CT molecular complexity index is 560. The molecule has 1 aliphatic heterocycles. The molecule has 0 radical (unpaired) electrons. The smallest absolute Gasteiger partial charge is 0.173 e. The fourth-order valence-electron chi connectivity index (χ4n) is 3.41. The molecule has 1 fully saturated rings. The van der Waals surface area contributed by atoms with Crippen molar-refractivity contribution in [2.45, 2.75) is 39.5 Å². The number of nitrogens with two attached hydrogens (primary N) is 1. The molecule has 21 heavy (non-hydrogen) atoms. The van der Waals surface area contributed by atoms with E-state index >= 15 is 0 Å². The van der Waals surface area contributed by atoms with Crippen molar-refractivity contribution in [2.75, 3.05) is 18.0 Å². The number of hydrogen-bond donors (Lipinski definition) is 2. The van der Waals surface area contributed by atoms with E-state index in [2.05, 4.69) is 30.0 Å². The molecule has 2 unspecified atom stereocenters. The number of rotatable bonds is 2. The van der Waals surface area contributed by atoms with Crippen LogP contribution in [0.15, 0.2) is 11.2 Å². The summed E-state index contributed by atoms with van der Waals surface area (Å²) in [6.45, 7) is 6.51. The zero-order valence-corrected chi connectivity index (χ0v) is 12.8. The van der Waals surface area contributed by atoms with Crippen LogP contribution in [0.2, 0.25) is 0 Å². The van der Waals surface area contributed by atoms with Crippen LogP contribution in [0.5, 0.6) is 0 Å². The van der Waals surface area contributed by atoms with Crippen LogP contribution in [0, 0.1) is 11.8 Å². The SMILES string of the molecule is CC1CN(c2nc3c(cc2C(N)=NO)CCCC3)CC1C. The fraction of sp³-hybridized carbons (Fsp3) is 0.625. The lowest BCUT2D eigenvalue weighted by Gasteiger charge is -2.24. The second-order valence-electron chi connectivity index (χ2n) is 6.52. The number of amidine groups is 1. The van der Waals surface area contributed by atoms with Gasteiger partial charge in [0.1, 0.15) is 5.82 Å². The third-order valence-corrected chi connectivity index (χ3v) is 4.95. The maximum absolute atomic E-state index is 9.08. The molecule has 0 bridgehead atoms. The Balaban J connectivity index is 2.05. The first-order valence-electron chi connectivity index (χ1n) is 7.85. The van der Waals surface area contributed by atoms with Gasteiger partial charge in [0.15, 0.2) is 5.84 Å². The van der Waals surface area contributed by atoms with E-state index in [1.54, 1.807) is 0 Å². The summed E-state index contributed by atoms with van der Waals surface area (Å²) in [5, 5.41) is 12.3. The Morgan fingerprint density at radius 1 is 1.29 bits per heavy atom. The van der Waals surface area contributed by atoms with Gasteiger partial charge in [-0.15, -0.1) is 0 Å². The Hall–Kier alpha value is -1.78. The summed E-state index contributed by atoms with van der Waals surface area (Å²) in [6, 6.07) is 2.08. The predicted molar refractivity (Wildman–Crippen MR) is 83.9 cm³/mol. The van der Waals surface area contributed by atoms with E-state index in [-0.39, 0.29) is 5.84 Å². The predicted octanol–water partition coefficient (Wildman–Crippen LogP) is 2.15. The first-order chi connectivity index (χ1) is 10.1. The minimum Gasteiger partial charge on any atom is -0.409 e. The summed E-state index contributed by atoms with van der Waals surface area (Å²) < 4.78 is 0. The molecule has 3 rings (SSSR count). The van der Waals surface area contributed by atoms with E-state index in [4.69, 9.17) is 15.9 Å². The van der Waals surface area contributed by atoms with E-state index in [9.17, 15) is 0 Å². The Kier molecular flexibility index (Phi) is 3.74. The normalized spacial score (nSPS) is 26.0. The molecule has 0 saturated carbocycles. The zero-order chi connectivity index (χ0) is 15.0. The van der Waals surface area contributed by atoms with Crippen molar-refractivity contribution in [1.29, 1.82) is 0 Å². The van der Waals surface area contributed by atoms with Crippen molar-refractivity contribution in [3.05, 3.63) is 22.9 Å². The maximum Gasteiger partial charge on any atom is 0.173 e. The van der Waals surface area contributed by atoms with Gasteiger partial charge in [0, 0.05) is 18.8 Å². The molecule has 1 aliphatic carbocycles. The second-order valence-corrected chi connectivity index (χ2v) is 6.52. The van der Waals surface area contributed by atoms with Crippen molar-refractivity contribution < 1.29 is 5.21 Å². The summed E-state index contributed by atoms with van der Waals surface area (Å²) in [7, 11) is 0. The molecular formula is C16H24N4O. The molecule has 5 nitrogen and oxygen atoms in total. The van der Waals surface area contributed by atoms with Crippen LogP contribution in [0.1, 0.15) is 43.5 Å². The lowest BCUT2D eigenvalue weighted by atomic mass is 9.94. The van der Waals surface area contributed by atoms with E-state index in [1.165, 1.54) is 24.1 Å². The third-order valence-electron chi connectivity index (χ3n) is 4.95. The van der Waals surface area contributed by atoms with Gasteiger partial charge in [0.05, 0.1) is 5.56 Å². The van der Waals surface area contributed by atoms with Crippen LogP contribution in [0.25, 0.3) is 0 Å². The molecule has 1 aromatic rings. The highest BCUT2D eigenvalue weighted by Crippen LogP contribution is 2.31. The van der Waals surface area contributed by atoms with Crippen molar-refractivity contribution >= 4 is 11.7 Å². The third kappa shape index (κ3) is 2.57. The maximum atomic E-state index is 9.08. The lowest BCUT2D eigenvalue weighted by Crippen LogP contribution is -2.27. The van der Waals surface area contributed by atoms with Crippen LogP contribution >= 0.6 is 0 Å². The minimum absolute atomic E-state index is 0.165. The molecule has 114 valence electrons. The van der Waals surface area contributed by atoms with Crippen LogP contribution in [0.3, 0.4) is 0 Å². The van der Waals surface area contributed by atoms with Crippen molar-refractivity contribution in [1.82, 2.24) is 4.98 Å². The monoisotopic (exact) mass is 288 g/mol. The molecule has 1 saturated heterocycles. The summed E-state index contributed by atoms with van der Waals surface area (Å²) in [6.07, 6.45) is 4.48. The minimum atomic E-state index is 0.165. The van der Waals surface area contributed by atoms with E-state index in [0.29, 0.717) is 11.8 Å². The van der Waals surface area contributed by atoms with E-state index < -0.39 is 0 Å². The summed E-state index contributed by atoms with van der Waals surface area (Å²) in [4.78, 5) is 7.18. The highest BCUT2D eigenvalue weighted by molar-refractivity contribution is 6.01. The summed E-state index contributed by atoms with van der Waals surface area (Å²) in [5.74, 6) is 2.34. The van der Waals surface area contributed by atoms with Crippen molar-refractivity contribution in [3.8, 4) is 0 Å². The average Bonchev–Trinajstić information content (AvgIpc) is 2.84. The van der Waals surface area contributed by atoms with Crippen LogP contribution in [-0.4, -0.2) is 29.1 Å². The molecule has 2 aliphatic rings. The van der Waals surface area contributed by atoms with Gasteiger partial charge in [0.25, 0.3) is 0 Å². The van der Waals surface area contributed by atoms with Gasteiger partial charge >= 0.3 is 0 Å². The average molecular weight is 288 g/mol. The van der Waals surface area contributed by atoms with Gasteiger partial charge < -0.3 is 15.8 Å². The number of aryl methyl sites for hydroxylation is 2. The Morgan fingerprint density at radius 3 is 2.62 bits per heavy atom. The molecule has 1 aromatic heterocycles. The Morgan fingerprint density at radius 2 is 1.95 bits per heavy atom. The second kappa shape index (κ2) is 5.54. The number of fused-ring (bicyclic) bond motifs is 1. The highest BCUT2D eigenvalue weighted by atomic mass is 16.4. The first-order valence-corrected chi connectivity index (χ1v) is 7.85. The molecule has 2 heterocycles. The zero-order valence-electron chi connectivity index (χ0n) is 12.8. The van der Waals surface area contributed by atoms with Gasteiger partial charge in [-0.25, -0.2) is 4.98 Å². The van der Waals surface area contributed by atoms with E-state index in [0.717, 1.165) is 37.3 Å². The molecule has 5 heteroatoms. The van der Waals surface area contributed by atoms with Gasteiger partial charge in [-0.2, -0.15) is 0 Å².